The largest absolute Gasteiger partial charge is 0.348 e. The minimum atomic E-state index is 0.623. The molecule has 120 valence electrons. The Hall–Kier alpha value is -2.56. The monoisotopic (exact) mass is 309 g/mol. The molecule has 0 saturated carbocycles. The molecule has 23 heavy (non-hydrogen) atoms. The highest BCUT2D eigenvalue weighted by Crippen LogP contribution is 2.16. The molecule has 0 aliphatic carbocycles. The molecule has 5 heteroatoms. The van der Waals surface area contributed by atoms with Gasteiger partial charge in [-0.1, -0.05) is 26.0 Å². The fourth-order valence-electron chi connectivity index (χ4n) is 2.77. The van der Waals surface area contributed by atoms with E-state index in [9.17, 15) is 0 Å². The van der Waals surface area contributed by atoms with Crippen molar-refractivity contribution in [2.45, 2.75) is 34.2 Å². The topological polar surface area (TPSA) is 58.0 Å². The highest BCUT2D eigenvalue weighted by atomic mass is 15.3. The molecule has 2 heterocycles. The molecule has 3 aromatic rings. The SMILES string of the molecule is Cc1cc(C=NNc2nc3ccccc3[nH]2)c(C)n1CC(C)C. The Morgan fingerprint density at radius 1 is 1.30 bits per heavy atom. The van der Waals surface area contributed by atoms with E-state index in [1.807, 2.05) is 30.5 Å². The van der Waals surface area contributed by atoms with Crippen LogP contribution >= 0.6 is 0 Å². The Balaban J connectivity index is 1.75. The van der Waals surface area contributed by atoms with E-state index in [0.717, 1.165) is 23.1 Å². The number of hydrogen-bond donors (Lipinski definition) is 2. The molecule has 0 spiro atoms. The summed E-state index contributed by atoms with van der Waals surface area (Å²) in [5.41, 5.74) is 8.54. The lowest BCUT2D eigenvalue weighted by atomic mass is 10.2. The molecule has 0 atom stereocenters. The number of nitrogens with one attached hydrogen (secondary N) is 2. The average Bonchev–Trinajstić information content (AvgIpc) is 3.03. The second-order valence-corrected chi connectivity index (χ2v) is 6.30. The number of aryl methyl sites for hydroxylation is 1. The third-order valence-electron chi connectivity index (χ3n) is 3.92. The van der Waals surface area contributed by atoms with Gasteiger partial charge in [0.05, 0.1) is 17.2 Å². The van der Waals surface area contributed by atoms with Crippen LogP contribution in [0.4, 0.5) is 5.95 Å². The van der Waals surface area contributed by atoms with Crippen LogP contribution in [-0.4, -0.2) is 20.7 Å². The quantitative estimate of drug-likeness (QED) is 0.551. The minimum Gasteiger partial charge on any atom is -0.348 e. The zero-order valence-electron chi connectivity index (χ0n) is 14.1. The van der Waals surface area contributed by atoms with E-state index in [2.05, 4.69) is 58.8 Å². The van der Waals surface area contributed by atoms with Gasteiger partial charge in [0, 0.05) is 23.5 Å². The highest BCUT2D eigenvalue weighted by molar-refractivity contribution is 5.82. The minimum absolute atomic E-state index is 0.623. The first kappa shape index (κ1) is 15.3. The first-order valence-corrected chi connectivity index (χ1v) is 7.95. The lowest BCUT2D eigenvalue weighted by molar-refractivity contribution is 0.509. The lowest BCUT2D eigenvalue weighted by Gasteiger charge is -2.11. The maximum absolute atomic E-state index is 4.44. The number of nitrogens with zero attached hydrogens (tertiary/aromatic N) is 3. The van der Waals surface area contributed by atoms with E-state index in [-0.39, 0.29) is 0 Å². The summed E-state index contributed by atoms with van der Waals surface area (Å²) in [5.74, 6) is 1.27. The van der Waals surface area contributed by atoms with Gasteiger partial charge in [-0.3, -0.25) is 0 Å². The van der Waals surface area contributed by atoms with Crippen LogP contribution in [0.3, 0.4) is 0 Å². The number of fused-ring (bicyclic) bond motifs is 1. The normalized spacial score (nSPS) is 11.9. The predicted octanol–water partition coefficient (Wildman–Crippen LogP) is 4.08. The summed E-state index contributed by atoms with van der Waals surface area (Å²) in [6, 6.07) is 10.1. The summed E-state index contributed by atoms with van der Waals surface area (Å²) in [5, 5.41) is 4.32. The molecule has 0 aliphatic heterocycles. The van der Waals surface area contributed by atoms with Crippen molar-refractivity contribution in [3.05, 3.63) is 47.3 Å². The predicted molar refractivity (Wildman–Crippen MR) is 96.1 cm³/mol. The van der Waals surface area contributed by atoms with Crippen LogP contribution in [0.15, 0.2) is 35.4 Å². The van der Waals surface area contributed by atoms with Crippen LogP contribution in [0.25, 0.3) is 11.0 Å². The van der Waals surface area contributed by atoms with E-state index in [4.69, 9.17) is 0 Å². The maximum Gasteiger partial charge on any atom is 0.222 e. The Morgan fingerprint density at radius 2 is 2.09 bits per heavy atom. The van der Waals surface area contributed by atoms with Gasteiger partial charge in [0.1, 0.15) is 0 Å². The van der Waals surface area contributed by atoms with Gasteiger partial charge >= 0.3 is 0 Å². The van der Waals surface area contributed by atoms with E-state index in [0.29, 0.717) is 11.9 Å². The summed E-state index contributed by atoms with van der Waals surface area (Å²) < 4.78 is 2.34. The number of rotatable bonds is 5. The van der Waals surface area contributed by atoms with E-state index < -0.39 is 0 Å². The van der Waals surface area contributed by atoms with Gasteiger partial charge < -0.3 is 9.55 Å². The van der Waals surface area contributed by atoms with Crippen molar-refractivity contribution < 1.29 is 0 Å². The summed E-state index contributed by atoms with van der Waals surface area (Å²) in [6.07, 6.45) is 1.85. The van der Waals surface area contributed by atoms with Gasteiger partial charge in [0.2, 0.25) is 5.95 Å². The van der Waals surface area contributed by atoms with Crippen molar-refractivity contribution in [1.82, 2.24) is 14.5 Å². The number of hydrogen-bond acceptors (Lipinski definition) is 3. The molecule has 2 N–H and O–H groups in total. The molecular formula is C18H23N5. The highest BCUT2D eigenvalue weighted by Gasteiger charge is 2.08. The van der Waals surface area contributed by atoms with E-state index in [1.54, 1.807) is 0 Å². The van der Waals surface area contributed by atoms with Crippen LogP contribution in [-0.2, 0) is 6.54 Å². The lowest BCUT2D eigenvalue weighted by Crippen LogP contribution is -2.08. The number of aromatic nitrogens is 3. The van der Waals surface area contributed by atoms with Gasteiger partial charge in [-0.05, 0) is 38.0 Å². The summed E-state index contributed by atoms with van der Waals surface area (Å²) in [4.78, 5) is 7.64. The van der Waals surface area contributed by atoms with Crippen molar-refractivity contribution in [3.63, 3.8) is 0 Å². The molecule has 5 nitrogen and oxygen atoms in total. The molecule has 2 aromatic heterocycles. The molecule has 1 aromatic carbocycles. The second kappa shape index (κ2) is 6.28. The Bertz CT molecular complexity index is 805. The number of anilines is 1. The van der Waals surface area contributed by atoms with Gasteiger partial charge in [0.25, 0.3) is 0 Å². The molecule has 0 amide bonds. The third-order valence-corrected chi connectivity index (χ3v) is 3.92. The number of aromatic amines is 1. The number of para-hydroxylation sites is 2. The molecule has 0 fully saturated rings. The fraction of sp³-hybridized carbons (Fsp3) is 0.333. The van der Waals surface area contributed by atoms with Gasteiger partial charge in [-0.15, -0.1) is 0 Å². The van der Waals surface area contributed by atoms with Crippen LogP contribution in [0.5, 0.6) is 0 Å². The summed E-state index contributed by atoms with van der Waals surface area (Å²) in [7, 11) is 0. The molecule has 3 rings (SSSR count). The van der Waals surface area contributed by atoms with Crippen molar-refractivity contribution >= 4 is 23.2 Å². The Kier molecular flexibility index (Phi) is 4.19. The van der Waals surface area contributed by atoms with Crippen LogP contribution in [0, 0.1) is 19.8 Å². The molecule has 0 bridgehead atoms. The first-order chi connectivity index (χ1) is 11.0. The summed E-state index contributed by atoms with van der Waals surface area (Å²) in [6.45, 7) is 9.77. The van der Waals surface area contributed by atoms with Crippen LogP contribution in [0.1, 0.15) is 30.8 Å². The van der Waals surface area contributed by atoms with Crippen LogP contribution < -0.4 is 5.43 Å². The molecule has 0 unspecified atom stereocenters. The molecule has 0 saturated heterocycles. The standard InChI is InChI=1S/C18H23N5/c1-12(2)11-23-13(3)9-15(14(23)4)10-19-22-18-20-16-7-5-6-8-17(16)21-18/h5-10,12H,11H2,1-4H3,(H2,20,21,22). The number of hydrazone groups is 1. The van der Waals surface area contributed by atoms with Gasteiger partial charge in [0.15, 0.2) is 0 Å². The summed E-state index contributed by atoms with van der Waals surface area (Å²) >= 11 is 0. The maximum atomic E-state index is 4.44. The Morgan fingerprint density at radius 3 is 2.83 bits per heavy atom. The number of imidazole rings is 1. The van der Waals surface area contributed by atoms with Crippen molar-refractivity contribution in [2.75, 3.05) is 5.43 Å². The molecular weight excluding hydrogens is 286 g/mol. The van der Waals surface area contributed by atoms with Crippen molar-refractivity contribution in [1.29, 1.82) is 0 Å². The fourth-order valence-corrected chi connectivity index (χ4v) is 2.77. The average molecular weight is 309 g/mol. The number of H-pyrrole nitrogens is 1. The van der Waals surface area contributed by atoms with Crippen molar-refractivity contribution in [2.24, 2.45) is 11.0 Å². The Labute approximate surface area is 136 Å². The van der Waals surface area contributed by atoms with E-state index in [1.165, 1.54) is 11.4 Å². The smallest absolute Gasteiger partial charge is 0.222 e. The van der Waals surface area contributed by atoms with Crippen LogP contribution in [0.2, 0.25) is 0 Å². The van der Waals surface area contributed by atoms with Gasteiger partial charge in [-0.2, -0.15) is 5.10 Å². The first-order valence-electron chi connectivity index (χ1n) is 7.95. The second-order valence-electron chi connectivity index (χ2n) is 6.30. The van der Waals surface area contributed by atoms with Crippen molar-refractivity contribution in [3.8, 4) is 0 Å². The molecule has 0 aliphatic rings. The van der Waals surface area contributed by atoms with E-state index >= 15 is 0 Å². The third kappa shape index (κ3) is 3.28. The number of benzene rings is 1. The van der Waals surface area contributed by atoms with Gasteiger partial charge in [-0.25, -0.2) is 10.4 Å². The molecule has 0 radical (unpaired) electrons. The zero-order valence-corrected chi connectivity index (χ0v) is 14.1. The zero-order chi connectivity index (χ0) is 16.4.